The van der Waals surface area contributed by atoms with Crippen LogP contribution in [0.5, 0.6) is 0 Å². The summed E-state index contributed by atoms with van der Waals surface area (Å²) in [5.41, 5.74) is 5.87. The second-order valence-electron chi connectivity index (χ2n) is 8.20. The van der Waals surface area contributed by atoms with E-state index < -0.39 is 4.92 Å². The highest BCUT2D eigenvalue weighted by atomic mass is 35.5. The quantitative estimate of drug-likeness (QED) is 0.266. The van der Waals surface area contributed by atoms with Crippen molar-refractivity contribution in [2.75, 3.05) is 23.8 Å². The van der Waals surface area contributed by atoms with E-state index in [-0.39, 0.29) is 10.8 Å². The van der Waals surface area contributed by atoms with Crippen molar-refractivity contribution in [3.63, 3.8) is 0 Å². The molecule has 166 valence electrons. The van der Waals surface area contributed by atoms with Gasteiger partial charge < -0.3 is 10.2 Å². The number of fused-ring (bicyclic) bond motifs is 1. The third-order valence-corrected chi connectivity index (χ3v) is 6.21. The van der Waals surface area contributed by atoms with Gasteiger partial charge in [-0.1, -0.05) is 54.1 Å². The first-order valence-electron chi connectivity index (χ1n) is 11.0. The maximum Gasteiger partial charge on any atom is 0.329 e. The zero-order chi connectivity index (χ0) is 22.5. The number of hydrogen-bond donors (Lipinski definition) is 1. The van der Waals surface area contributed by atoms with E-state index in [1.54, 1.807) is 0 Å². The summed E-state index contributed by atoms with van der Waals surface area (Å²) in [4.78, 5) is 17.7. The van der Waals surface area contributed by atoms with Crippen molar-refractivity contribution < 1.29 is 4.92 Å². The minimum Gasteiger partial charge on any atom is -0.379 e. The van der Waals surface area contributed by atoms with E-state index in [0.717, 1.165) is 55.6 Å². The number of pyridine rings is 1. The molecule has 1 aliphatic rings. The van der Waals surface area contributed by atoms with Crippen molar-refractivity contribution in [3.8, 4) is 0 Å². The van der Waals surface area contributed by atoms with Gasteiger partial charge in [-0.05, 0) is 55.4 Å². The monoisotopic (exact) mass is 450 g/mol. The third kappa shape index (κ3) is 5.02. The molecule has 1 N–H and O–H groups in total. The molecule has 0 unspecified atom stereocenters. The van der Waals surface area contributed by atoms with Crippen molar-refractivity contribution >= 4 is 28.7 Å². The maximum absolute atomic E-state index is 11.6. The van der Waals surface area contributed by atoms with E-state index in [0.29, 0.717) is 12.2 Å². The summed E-state index contributed by atoms with van der Waals surface area (Å²) in [7, 11) is 2.08. The van der Waals surface area contributed by atoms with Gasteiger partial charge >= 0.3 is 5.69 Å². The lowest BCUT2D eigenvalue weighted by Gasteiger charge is -2.20. The van der Waals surface area contributed by atoms with Crippen LogP contribution < -0.4 is 10.2 Å². The van der Waals surface area contributed by atoms with Gasteiger partial charge in [0, 0.05) is 37.1 Å². The van der Waals surface area contributed by atoms with E-state index in [1.807, 2.05) is 6.07 Å². The van der Waals surface area contributed by atoms with Crippen LogP contribution in [0.15, 0.2) is 54.6 Å². The third-order valence-electron chi connectivity index (χ3n) is 5.94. The minimum absolute atomic E-state index is 0.0241. The molecule has 0 bridgehead atoms. The minimum atomic E-state index is -0.427. The number of aromatic nitrogens is 1. The molecule has 0 saturated carbocycles. The number of hydrogen-bond acceptors (Lipinski definition) is 5. The number of halogens is 1. The number of anilines is 2. The molecule has 0 atom stereocenters. The number of nitrogens with zero attached hydrogens (tertiary/aromatic N) is 3. The van der Waals surface area contributed by atoms with Gasteiger partial charge in [0.1, 0.15) is 5.69 Å². The summed E-state index contributed by atoms with van der Waals surface area (Å²) < 4.78 is 0. The number of rotatable bonds is 8. The fraction of sp³-hybridized carbons (Fsp3) is 0.320. The number of nitro groups is 1. The zero-order valence-electron chi connectivity index (χ0n) is 18.2. The van der Waals surface area contributed by atoms with E-state index in [9.17, 15) is 10.1 Å². The molecule has 3 aromatic rings. The Bertz CT molecular complexity index is 1090. The van der Waals surface area contributed by atoms with Crippen molar-refractivity contribution in [2.45, 2.75) is 38.6 Å². The Labute approximate surface area is 193 Å². The van der Waals surface area contributed by atoms with Gasteiger partial charge in [0.15, 0.2) is 0 Å². The van der Waals surface area contributed by atoms with Gasteiger partial charge in [-0.3, -0.25) is 10.1 Å². The van der Waals surface area contributed by atoms with Crippen molar-refractivity contribution in [1.82, 2.24) is 4.98 Å². The Morgan fingerprint density at radius 3 is 2.50 bits per heavy atom. The van der Waals surface area contributed by atoms with Crippen molar-refractivity contribution in [1.29, 1.82) is 0 Å². The normalized spacial score (nSPS) is 12.8. The highest BCUT2D eigenvalue weighted by Gasteiger charge is 2.28. The summed E-state index contributed by atoms with van der Waals surface area (Å²) in [5.74, 6) is 0. The predicted octanol–water partition coefficient (Wildman–Crippen LogP) is 5.81. The van der Waals surface area contributed by atoms with Gasteiger partial charge in [0.2, 0.25) is 5.15 Å². The Balaban J connectivity index is 1.42. The van der Waals surface area contributed by atoms with E-state index in [1.165, 1.54) is 11.1 Å². The van der Waals surface area contributed by atoms with Crippen LogP contribution >= 0.6 is 11.6 Å². The first-order chi connectivity index (χ1) is 15.5. The topological polar surface area (TPSA) is 71.3 Å². The largest absolute Gasteiger partial charge is 0.379 e. The molecule has 2 aromatic carbocycles. The smallest absolute Gasteiger partial charge is 0.329 e. The Morgan fingerprint density at radius 1 is 1.06 bits per heavy atom. The molecule has 32 heavy (non-hydrogen) atoms. The molecule has 0 saturated heterocycles. The molecule has 1 aliphatic carbocycles. The number of aryl methyl sites for hydroxylation is 1. The fourth-order valence-electron chi connectivity index (χ4n) is 4.25. The van der Waals surface area contributed by atoms with Gasteiger partial charge in [-0.15, -0.1) is 0 Å². The highest BCUT2D eigenvalue weighted by molar-refractivity contribution is 6.32. The molecule has 0 aliphatic heterocycles. The molecule has 1 aromatic heterocycles. The second kappa shape index (κ2) is 10.0. The molecular weight excluding hydrogens is 424 g/mol. The van der Waals surface area contributed by atoms with Gasteiger partial charge in [0.05, 0.1) is 4.92 Å². The molecule has 1 heterocycles. The lowest BCUT2D eigenvalue weighted by atomic mass is 9.94. The molecule has 0 spiro atoms. The van der Waals surface area contributed by atoms with E-state index in [4.69, 9.17) is 11.6 Å². The Kier molecular flexibility index (Phi) is 6.90. The van der Waals surface area contributed by atoms with Crippen LogP contribution in [-0.4, -0.2) is 23.5 Å². The van der Waals surface area contributed by atoms with Crippen LogP contribution in [0.2, 0.25) is 5.15 Å². The first-order valence-corrected chi connectivity index (χ1v) is 11.3. The van der Waals surface area contributed by atoms with Crippen LogP contribution in [0.25, 0.3) is 0 Å². The Morgan fingerprint density at radius 2 is 1.78 bits per heavy atom. The summed E-state index contributed by atoms with van der Waals surface area (Å²) in [5, 5.41) is 14.9. The van der Waals surface area contributed by atoms with Crippen molar-refractivity contribution in [2.24, 2.45) is 0 Å². The Hall–Kier alpha value is -3.12. The van der Waals surface area contributed by atoms with Gasteiger partial charge in [-0.2, -0.15) is 0 Å². The lowest BCUT2D eigenvalue weighted by molar-refractivity contribution is -0.384. The van der Waals surface area contributed by atoms with E-state index >= 15 is 0 Å². The standard InChI is InChI=1S/C25H27ClN4O2/c1-29(17-19-7-3-2-4-8-19)20-13-11-18(12-14-20)15-16-27-23-21-9-5-6-10-22(21)28-25(26)24(23)30(31)32/h2-4,7-8,11-14H,5-6,9-10,15-17H2,1H3,(H,27,28). The summed E-state index contributed by atoms with van der Waals surface area (Å²) in [6, 6.07) is 18.8. The zero-order valence-corrected chi connectivity index (χ0v) is 18.9. The summed E-state index contributed by atoms with van der Waals surface area (Å²) >= 11 is 6.16. The van der Waals surface area contributed by atoms with Crippen LogP contribution in [0, 0.1) is 10.1 Å². The first kappa shape index (κ1) is 22.1. The summed E-state index contributed by atoms with van der Waals surface area (Å²) in [6.07, 6.45) is 4.43. The fourth-order valence-corrected chi connectivity index (χ4v) is 4.52. The predicted molar refractivity (Wildman–Crippen MR) is 130 cm³/mol. The number of nitrogens with one attached hydrogen (secondary N) is 1. The second-order valence-corrected chi connectivity index (χ2v) is 8.56. The lowest BCUT2D eigenvalue weighted by Crippen LogP contribution is -2.16. The average Bonchev–Trinajstić information content (AvgIpc) is 2.79. The molecular formula is C25H27ClN4O2. The van der Waals surface area contributed by atoms with Gasteiger partial charge in [-0.25, -0.2) is 4.98 Å². The molecule has 7 heteroatoms. The van der Waals surface area contributed by atoms with Crippen LogP contribution in [0.3, 0.4) is 0 Å². The van der Waals surface area contributed by atoms with Crippen molar-refractivity contribution in [3.05, 3.63) is 92.2 Å². The highest BCUT2D eigenvalue weighted by Crippen LogP contribution is 2.38. The van der Waals surface area contributed by atoms with Crippen LogP contribution in [-0.2, 0) is 25.8 Å². The van der Waals surface area contributed by atoms with Crippen LogP contribution in [0.1, 0.15) is 35.2 Å². The number of benzene rings is 2. The molecule has 4 rings (SSSR count). The molecule has 0 amide bonds. The summed E-state index contributed by atoms with van der Waals surface area (Å²) in [6.45, 7) is 1.44. The molecule has 0 radical (unpaired) electrons. The molecule has 0 fully saturated rings. The maximum atomic E-state index is 11.6. The SMILES string of the molecule is CN(Cc1ccccc1)c1ccc(CCNc2c3c(nc(Cl)c2[N+](=O)[O-])CCCC3)cc1. The van der Waals surface area contributed by atoms with E-state index in [2.05, 4.69) is 70.8 Å². The van der Waals surface area contributed by atoms with Gasteiger partial charge in [0.25, 0.3) is 0 Å². The van der Waals surface area contributed by atoms with Crippen LogP contribution in [0.4, 0.5) is 17.1 Å². The molecule has 6 nitrogen and oxygen atoms in total. The average molecular weight is 451 g/mol.